The number of aldehydes is 1. The van der Waals surface area contributed by atoms with E-state index >= 15 is 0 Å². The molecular weight excluding hydrogens is 238 g/mol. The number of fused-ring (bicyclic) bond motifs is 1. The number of benzene rings is 1. The van der Waals surface area contributed by atoms with E-state index in [9.17, 15) is 4.79 Å². The summed E-state index contributed by atoms with van der Waals surface area (Å²) in [5.41, 5.74) is 4.84. The predicted octanol–water partition coefficient (Wildman–Crippen LogP) is 2.80. The van der Waals surface area contributed by atoms with Crippen molar-refractivity contribution in [2.24, 2.45) is 0 Å². The molecule has 2 heterocycles. The van der Waals surface area contributed by atoms with Crippen LogP contribution >= 0.6 is 0 Å². The van der Waals surface area contributed by atoms with Crippen LogP contribution in [0.4, 0.5) is 5.95 Å². The molecule has 0 aliphatic carbocycles. The first-order valence-electron chi connectivity index (χ1n) is 6.58. The van der Waals surface area contributed by atoms with Crippen LogP contribution in [-0.2, 0) is 6.54 Å². The van der Waals surface area contributed by atoms with Crippen molar-refractivity contribution in [3.8, 4) is 11.3 Å². The van der Waals surface area contributed by atoms with E-state index in [1.54, 1.807) is 0 Å². The zero-order chi connectivity index (χ0) is 13.4. The summed E-state index contributed by atoms with van der Waals surface area (Å²) in [6.45, 7) is 5.88. The van der Waals surface area contributed by atoms with Gasteiger partial charge in [0.15, 0.2) is 6.29 Å². The molecule has 4 heteroatoms. The zero-order valence-corrected chi connectivity index (χ0v) is 11.2. The van der Waals surface area contributed by atoms with E-state index in [0.717, 1.165) is 48.6 Å². The van der Waals surface area contributed by atoms with Gasteiger partial charge in [-0.25, -0.2) is 4.98 Å². The van der Waals surface area contributed by atoms with Gasteiger partial charge in [-0.3, -0.25) is 4.79 Å². The number of anilines is 1. The number of nitrogens with zero attached hydrogens (tertiary/aromatic N) is 2. The molecule has 98 valence electrons. The van der Waals surface area contributed by atoms with Crippen molar-refractivity contribution in [3.63, 3.8) is 0 Å². The van der Waals surface area contributed by atoms with Crippen molar-refractivity contribution in [2.45, 2.75) is 26.8 Å². The summed E-state index contributed by atoms with van der Waals surface area (Å²) >= 11 is 0. The highest BCUT2D eigenvalue weighted by molar-refractivity contribution is 5.86. The lowest BCUT2D eigenvalue weighted by atomic mass is 10.0. The van der Waals surface area contributed by atoms with Crippen molar-refractivity contribution in [2.75, 3.05) is 11.9 Å². The second-order valence-electron chi connectivity index (χ2n) is 5.04. The molecule has 0 amide bonds. The number of rotatable bonds is 2. The van der Waals surface area contributed by atoms with E-state index in [2.05, 4.69) is 42.3 Å². The van der Waals surface area contributed by atoms with Gasteiger partial charge in [-0.05, 0) is 31.9 Å². The first-order valence-corrected chi connectivity index (χ1v) is 6.58. The van der Waals surface area contributed by atoms with Gasteiger partial charge >= 0.3 is 0 Å². The fourth-order valence-corrected chi connectivity index (χ4v) is 2.57. The average molecular weight is 255 g/mol. The molecule has 1 N–H and O–H groups in total. The highest BCUT2D eigenvalue weighted by Gasteiger charge is 2.21. The Bertz CT molecular complexity index is 643. The maximum Gasteiger partial charge on any atom is 0.203 e. The number of imidazole rings is 1. The van der Waals surface area contributed by atoms with Gasteiger partial charge in [-0.15, -0.1) is 0 Å². The predicted molar refractivity (Wildman–Crippen MR) is 75.6 cm³/mol. The van der Waals surface area contributed by atoms with Gasteiger partial charge < -0.3 is 9.88 Å². The highest BCUT2D eigenvalue weighted by atomic mass is 16.1. The van der Waals surface area contributed by atoms with Gasteiger partial charge in [0.1, 0.15) is 11.4 Å². The standard InChI is InChI=1S/C15H17N3O/c1-10-4-5-11(2)12(8-10)14-13(9-19)18-7-3-6-16-15(18)17-14/h4-5,8-9H,3,6-7H2,1-2H3,(H,16,17). The summed E-state index contributed by atoms with van der Waals surface area (Å²) < 4.78 is 1.98. The van der Waals surface area contributed by atoms with E-state index < -0.39 is 0 Å². The van der Waals surface area contributed by atoms with Gasteiger partial charge in [-0.1, -0.05) is 17.7 Å². The monoisotopic (exact) mass is 255 g/mol. The van der Waals surface area contributed by atoms with Crippen molar-refractivity contribution in [3.05, 3.63) is 35.0 Å². The van der Waals surface area contributed by atoms with Gasteiger partial charge in [0.25, 0.3) is 0 Å². The molecular formula is C15H17N3O. The lowest BCUT2D eigenvalue weighted by Gasteiger charge is -2.15. The molecule has 0 bridgehead atoms. The molecule has 0 saturated carbocycles. The lowest BCUT2D eigenvalue weighted by Crippen LogP contribution is -2.18. The molecule has 4 nitrogen and oxygen atoms in total. The van der Waals surface area contributed by atoms with Crippen LogP contribution in [-0.4, -0.2) is 22.4 Å². The van der Waals surface area contributed by atoms with Crippen LogP contribution < -0.4 is 5.32 Å². The number of aryl methyl sites for hydroxylation is 2. The molecule has 0 saturated heterocycles. The first-order chi connectivity index (χ1) is 9.20. The Balaban J connectivity index is 2.22. The van der Waals surface area contributed by atoms with Crippen molar-refractivity contribution in [1.82, 2.24) is 9.55 Å². The minimum absolute atomic E-state index is 0.677. The van der Waals surface area contributed by atoms with Crippen molar-refractivity contribution in [1.29, 1.82) is 0 Å². The molecule has 0 fully saturated rings. The van der Waals surface area contributed by atoms with Crippen molar-refractivity contribution < 1.29 is 4.79 Å². The Morgan fingerprint density at radius 3 is 3.00 bits per heavy atom. The summed E-state index contributed by atoms with van der Waals surface area (Å²) in [5.74, 6) is 0.809. The average Bonchev–Trinajstić information content (AvgIpc) is 2.79. The van der Waals surface area contributed by atoms with E-state index in [-0.39, 0.29) is 0 Å². The molecule has 0 atom stereocenters. The third-order valence-corrected chi connectivity index (χ3v) is 3.61. The van der Waals surface area contributed by atoms with Crippen LogP contribution in [0.1, 0.15) is 28.0 Å². The fraction of sp³-hybridized carbons (Fsp3) is 0.333. The third kappa shape index (κ3) is 1.93. The van der Waals surface area contributed by atoms with Crippen LogP contribution in [0.3, 0.4) is 0 Å². The lowest BCUT2D eigenvalue weighted by molar-refractivity contribution is 0.111. The Morgan fingerprint density at radius 2 is 2.21 bits per heavy atom. The zero-order valence-electron chi connectivity index (χ0n) is 11.2. The summed E-state index contributed by atoms with van der Waals surface area (Å²) in [6.07, 6.45) is 1.94. The number of hydrogen-bond donors (Lipinski definition) is 1. The quantitative estimate of drug-likeness (QED) is 0.839. The van der Waals surface area contributed by atoms with Crippen LogP contribution in [0.25, 0.3) is 11.3 Å². The smallest absolute Gasteiger partial charge is 0.203 e. The number of carbonyl (C=O) groups excluding carboxylic acids is 1. The van der Waals surface area contributed by atoms with Crippen LogP contribution in [0.15, 0.2) is 18.2 Å². The number of carbonyl (C=O) groups is 1. The maximum atomic E-state index is 11.4. The summed E-state index contributed by atoms with van der Waals surface area (Å²) in [6, 6.07) is 6.25. The maximum absolute atomic E-state index is 11.4. The van der Waals surface area contributed by atoms with Gasteiger partial charge in [0.2, 0.25) is 5.95 Å². The molecule has 1 aliphatic heterocycles. The minimum atomic E-state index is 0.677. The van der Waals surface area contributed by atoms with E-state index in [1.807, 2.05) is 4.57 Å². The van der Waals surface area contributed by atoms with E-state index in [1.165, 1.54) is 5.56 Å². The molecule has 3 rings (SSSR count). The Kier molecular flexibility index (Phi) is 2.85. The SMILES string of the molecule is Cc1ccc(C)c(-c2nc3n(c2C=O)CCCN3)c1. The highest BCUT2D eigenvalue weighted by Crippen LogP contribution is 2.30. The van der Waals surface area contributed by atoms with Gasteiger partial charge in [0.05, 0.1) is 0 Å². The topological polar surface area (TPSA) is 46.9 Å². The Hall–Kier alpha value is -2.10. The largest absolute Gasteiger partial charge is 0.356 e. The summed E-state index contributed by atoms with van der Waals surface area (Å²) in [5, 5.41) is 3.25. The molecule has 0 spiro atoms. The summed E-state index contributed by atoms with van der Waals surface area (Å²) in [4.78, 5) is 16.1. The second-order valence-corrected chi connectivity index (χ2v) is 5.04. The Labute approximate surface area is 112 Å². The molecule has 1 aliphatic rings. The first kappa shape index (κ1) is 12.0. The normalized spacial score (nSPS) is 13.8. The molecule has 0 unspecified atom stereocenters. The molecule has 1 aromatic carbocycles. The summed E-state index contributed by atoms with van der Waals surface area (Å²) in [7, 11) is 0. The van der Waals surface area contributed by atoms with Crippen LogP contribution in [0.2, 0.25) is 0 Å². The molecule has 19 heavy (non-hydrogen) atoms. The van der Waals surface area contributed by atoms with Crippen LogP contribution in [0, 0.1) is 13.8 Å². The van der Waals surface area contributed by atoms with Gasteiger partial charge in [-0.2, -0.15) is 0 Å². The molecule has 0 radical (unpaired) electrons. The van der Waals surface area contributed by atoms with Gasteiger partial charge in [0, 0.05) is 18.7 Å². The molecule has 2 aromatic rings. The minimum Gasteiger partial charge on any atom is -0.356 e. The molecule has 1 aromatic heterocycles. The Morgan fingerprint density at radius 1 is 1.37 bits per heavy atom. The number of nitrogens with one attached hydrogen (secondary N) is 1. The van der Waals surface area contributed by atoms with E-state index in [0.29, 0.717) is 5.69 Å². The fourth-order valence-electron chi connectivity index (χ4n) is 2.57. The van der Waals surface area contributed by atoms with Crippen molar-refractivity contribution >= 4 is 12.2 Å². The third-order valence-electron chi connectivity index (χ3n) is 3.61. The second kappa shape index (κ2) is 4.53. The van der Waals surface area contributed by atoms with Crippen LogP contribution in [0.5, 0.6) is 0 Å². The van der Waals surface area contributed by atoms with E-state index in [4.69, 9.17) is 0 Å². The number of aromatic nitrogens is 2. The number of hydrogen-bond acceptors (Lipinski definition) is 3.